The molecule has 2 amide bonds. The van der Waals surface area contributed by atoms with Gasteiger partial charge in [-0.05, 0) is 41.5 Å². The van der Waals surface area contributed by atoms with Gasteiger partial charge in [0.2, 0.25) is 0 Å². The van der Waals surface area contributed by atoms with Gasteiger partial charge in [-0.2, -0.15) is 0 Å². The largest absolute Gasteiger partial charge is 0.451 e. The number of carbonyl (C=O) groups excluding carboxylic acids is 2. The number of nitrogens with one attached hydrogen (secondary N) is 1. The summed E-state index contributed by atoms with van der Waals surface area (Å²) in [6.07, 6.45) is 9.89. The van der Waals surface area contributed by atoms with E-state index in [1.165, 1.54) is 38.1 Å². The number of ether oxygens (including phenoxy) is 2. The van der Waals surface area contributed by atoms with E-state index in [2.05, 4.69) is 30.2 Å². The van der Waals surface area contributed by atoms with Crippen LogP contribution in [0.15, 0.2) is 68.3 Å². The van der Waals surface area contributed by atoms with Gasteiger partial charge in [0.15, 0.2) is 25.6 Å². The smallest absolute Gasteiger partial charge is 0.410 e. The van der Waals surface area contributed by atoms with E-state index in [0.717, 1.165) is 37.6 Å². The van der Waals surface area contributed by atoms with E-state index < -0.39 is 11.7 Å². The van der Waals surface area contributed by atoms with Crippen molar-refractivity contribution < 1.29 is 41.8 Å². The molecule has 0 radical (unpaired) electrons. The molecule has 0 atom stereocenters. The molecule has 4 aromatic heterocycles. The number of piperazine rings is 2. The molecule has 2 aliphatic rings. The van der Waals surface area contributed by atoms with Crippen LogP contribution in [0.4, 0.5) is 9.59 Å². The second kappa shape index (κ2) is 19.6. The van der Waals surface area contributed by atoms with Gasteiger partial charge in [0.1, 0.15) is 71.2 Å². The third-order valence-corrected chi connectivity index (χ3v) is 7.03. The van der Waals surface area contributed by atoms with Crippen LogP contribution in [-0.4, -0.2) is 115 Å². The average Bonchev–Trinajstić information content (AvgIpc) is 3.90. The molecule has 2 aliphatic heterocycles. The Morgan fingerprint density at radius 3 is 1.33 bits per heavy atom. The fourth-order valence-corrected chi connectivity index (χ4v) is 4.77. The molecule has 0 bridgehead atoms. The van der Waals surface area contributed by atoms with Crippen molar-refractivity contribution in [1.82, 2.24) is 40.0 Å². The predicted octanol–water partition coefficient (Wildman–Crippen LogP) is 5.15. The number of hydrogen-bond acceptors (Lipinski definition) is 15. The Morgan fingerprint density at radius 1 is 0.647 bits per heavy atom. The maximum Gasteiger partial charge on any atom is 0.410 e. The summed E-state index contributed by atoms with van der Waals surface area (Å²) in [5.41, 5.74) is 1.51. The minimum Gasteiger partial charge on any atom is -0.451 e. The summed E-state index contributed by atoms with van der Waals surface area (Å²) in [6, 6.07) is -0.150. The quantitative estimate of drug-likeness (QED) is 0.274. The second-order valence-corrected chi connectivity index (χ2v) is 13.2. The highest BCUT2D eigenvalue weighted by Gasteiger charge is 2.32. The molecule has 6 heterocycles. The molecule has 0 saturated carbocycles. The van der Waals surface area contributed by atoms with Gasteiger partial charge in [-0.15, -0.1) is 0 Å². The van der Waals surface area contributed by atoms with E-state index in [-0.39, 0.29) is 38.7 Å². The van der Waals surface area contributed by atoms with Crippen LogP contribution in [0.3, 0.4) is 0 Å². The van der Waals surface area contributed by atoms with Crippen LogP contribution in [0.5, 0.6) is 0 Å². The summed E-state index contributed by atoms with van der Waals surface area (Å²) in [7, 11) is 0. The van der Waals surface area contributed by atoms with Crippen LogP contribution in [-0.2, 0) is 9.47 Å². The van der Waals surface area contributed by atoms with Crippen molar-refractivity contribution in [2.45, 2.75) is 79.7 Å². The molecule has 17 heteroatoms. The Kier molecular flexibility index (Phi) is 16.3. The summed E-state index contributed by atoms with van der Waals surface area (Å²) >= 11 is 0. The van der Waals surface area contributed by atoms with Gasteiger partial charge in [-0.1, -0.05) is 14.9 Å². The fraction of sp³-hybridized carbons (Fsp3) is 0.588. The molecule has 0 spiro atoms. The van der Waals surface area contributed by atoms with Crippen LogP contribution < -0.4 is 5.32 Å². The number of aromatic nitrogens is 4. The molecule has 2 fully saturated rings. The van der Waals surface area contributed by atoms with Crippen molar-refractivity contribution in [3.63, 3.8) is 0 Å². The number of hydrogen-bond donors (Lipinski definition) is 2. The van der Waals surface area contributed by atoms with Gasteiger partial charge in [0.25, 0.3) is 0 Å². The van der Waals surface area contributed by atoms with E-state index >= 15 is 0 Å². The molecule has 4 aromatic rings. The predicted molar refractivity (Wildman–Crippen MR) is 185 cm³/mol. The van der Waals surface area contributed by atoms with Crippen LogP contribution in [0.1, 0.15) is 91.3 Å². The van der Waals surface area contributed by atoms with Crippen molar-refractivity contribution in [2.75, 3.05) is 52.4 Å². The van der Waals surface area contributed by atoms with E-state index in [9.17, 15) is 14.7 Å². The Balaban J connectivity index is 0.000000284. The van der Waals surface area contributed by atoms with Gasteiger partial charge in [-0.25, -0.2) is 29.5 Å². The number of aliphatic hydroxyl groups excluding tert-OH is 1. The molecule has 0 aliphatic carbocycles. The van der Waals surface area contributed by atoms with E-state index in [0.29, 0.717) is 37.6 Å². The lowest BCUT2D eigenvalue weighted by molar-refractivity contribution is 0.0115. The number of carbonyl (C=O) groups is 2. The first-order chi connectivity index (χ1) is 23.3. The molecule has 284 valence electrons. The molecule has 2 saturated heterocycles. The highest BCUT2D eigenvalue weighted by Crippen LogP contribution is 2.27. The Morgan fingerprint density at radius 2 is 1.00 bits per heavy atom. The van der Waals surface area contributed by atoms with Gasteiger partial charge in [-0.3, -0.25) is 4.90 Å². The first kappa shape index (κ1) is 42.4. The van der Waals surface area contributed by atoms with Crippen LogP contribution >= 0.6 is 0 Å². The maximum absolute atomic E-state index is 12.2. The summed E-state index contributed by atoms with van der Waals surface area (Å²) in [6.45, 7) is 17.0. The third kappa shape index (κ3) is 13.5. The van der Waals surface area contributed by atoms with Gasteiger partial charge >= 0.3 is 12.2 Å². The van der Waals surface area contributed by atoms with Gasteiger partial charge in [0, 0.05) is 52.4 Å². The van der Waals surface area contributed by atoms with Crippen molar-refractivity contribution in [3.05, 3.63) is 73.4 Å². The average molecular weight is 719 g/mol. The number of oxazole rings is 4. The zero-order valence-electron chi connectivity index (χ0n) is 28.8. The molecule has 6 rings (SSSR count). The molecular formula is C34H54N8O9. The van der Waals surface area contributed by atoms with Gasteiger partial charge in [0.05, 0.1) is 0 Å². The third-order valence-electron chi connectivity index (χ3n) is 7.03. The first-order valence-electron chi connectivity index (χ1n) is 15.9. The summed E-state index contributed by atoms with van der Waals surface area (Å²) in [4.78, 5) is 45.4. The minimum atomic E-state index is -0.873. The lowest BCUT2D eigenvalue weighted by Gasteiger charge is -2.38. The zero-order chi connectivity index (χ0) is 35.4. The van der Waals surface area contributed by atoms with Crippen molar-refractivity contribution in [2.24, 2.45) is 0 Å². The van der Waals surface area contributed by atoms with E-state index in [4.69, 9.17) is 27.1 Å². The second-order valence-electron chi connectivity index (χ2n) is 13.2. The summed E-state index contributed by atoms with van der Waals surface area (Å²) < 4.78 is 30.3. The van der Waals surface area contributed by atoms with E-state index in [1.807, 2.05) is 41.5 Å². The molecule has 0 aromatic carbocycles. The molecule has 2 N–H and O–H groups in total. The lowest BCUT2D eigenvalue weighted by Crippen LogP contribution is -2.51. The highest BCUT2D eigenvalue weighted by molar-refractivity contribution is 5.68. The van der Waals surface area contributed by atoms with Crippen molar-refractivity contribution >= 4 is 12.2 Å². The minimum absolute atomic E-state index is 0. The van der Waals surface area contributed by atoms with E-state index in [1.54, 1.807) is 22.3 Å². The lowest BCUT2D eigenvalue weighted by atomic mass is 10.1. The molecular weight excluding hydrogens is 664 g/mol. The highest BCUT2D eigenvalue weighted by atomic mass is 16.6. The Labute approximate surface area is 299 Å². The number of amides is 2. The molecule has 51 heavy (non-hydrogen) atoms. The monoisotopic (exact) mass is 718 g/mol. The Bertz CT molecular complexity index is 1420. The first-order valence-corrected chi connectivity index (χ1v) is 15.9. The topological polar surface area (TPSA) is 199 Å². The fourth-order valence-electron chi connectivity index (χ4n) is 4.77. The number of nitrogens with zero attached hydrogens (tertiary/aromatic N) is 7. The van der Waals surface area contributed by atoms with Crippen LogP contribution in [0.2, 0.25) is 0 Å². The normalized spacial score (nSPS) is 15.1. The molecule has 0 unspecified atom stereocenters. The van der Waals surface area contributed by atoms with Crippen LogP contribution in [0.25, 0.3) is 0 Å². The molecule has 17 nitrogen and oxygen atoms in total. The summed E-state index contributed by atoms with van der Waals surface area (Å²) in [5.74, 6) is 0. The van der Waals surface area contributed by atoms with Crippen molar-refractivity contribution in [1.29, 1.82) is 0 Å². The summed E-state index contributed by atoms with van der Waals surface area (Å²) in [5, 5.41) is 12.7. The van der Waals surface area contributed by atoms with Gasteiger partial charge < -0.3 is 47.4 Å². The number of aliphatic hydroxyl groups is 1. The maximum atomic E-state index is 12.2. The number of rotatable bonds is 5. The van der Waals surface area contributed by atoms with Crippen molar-refractivity contribution in [3.8, 4) is 0 Å². The standard InChI is InChI=1S/C16H22N4O4.C9H18N2O2.C7H6N2O3.2CH4/c1-16(2,3)24-15(21)20-6-4-19(5-7-20)14(12-8-22-10-17-12)13-9-23-11-18-13;1-9(2,3)13-8(12)11-6-4-10-5-7-11;10-7(5-1-11-3-8-5)6-2-12-4-9-6;;/h8-11,14H,4-7H2,1-3H3;10H,4-7H2,1-3H3;1-4,7,10H;2*1H4. The zero-order valence-corrected chi connectivity index (χ0v) is 28.8. The SMILES string of the molecule is C.C.CC(C)(C)OC(=O)N1CCN(C(c2cocn2)c2cocn2)CC1.CC(C)(C)OC(=O)N1CCNCC1.OC(c1cocn1)c1cocn1. The Hall–Kier alpha value is -4.74. The van der Waals surface area contributed by atoms with Crippen LogP contribution in [0, 0.1) is 0 Å².